The predicted molar refractivity (Wildman–Crippen MR) is 59.3 cm³/mol. The number of hydrogen-bond acceptors (Lipinski definition) is 2. The van der Waals surface area contributed by atoms with Gasteiger partial charge in [0.05, 0.1) is 5.60 Å². The third-order valence-corrected chi connectivity index (χ3v) is 2.53. The summed E-state index contributed by atoms with van der Waals surface area (Å²) >= 11 is 0. The summed E-state index contributed by atoms with van der Waals surface area (Å²) in [6.45, 7) is 3.20. The molecule has 1 rings (SSSR count). The van der Waals surface area contributed by atoms with Crippen molar-refractivity contribution in [1.29, 1.82) is 0 Å². The minimum Gasteiger partial charge on any atom is -0.390 e. The van der Waals surface area contributed by atoms with Gasteiger partial charge in [0.1, 0.15) is 5.82 Å². The summed E-state index contributed by atoms with van der Waals surface area (Å²) in [7, 11) is 0. The lowest BCUT2D eigenvalue weighted by Gasteiger charge is -2.28. The van der Waals surface area contributed by atoms with Gasteiger partial charge >= 0.3 is 0 Å². The summed E-state index contributed by atoms with van der Waals surface area (Å²) in [5, 5.41) is 9.95. The highest BCUT2D eigenvalue weighted by molar-refractivity contribution is 5.75. The highest BCUT2D eigenvalue weighted by atomic mass is 19.1. The molecule has 3 N–H and O–H groups in total. The molecular formula is C12H16FNO2. The van der Waals surface area contributed by atoms with Crippen LogP contribution in [0.15, 0.2) is 24.3 Å². The fourth-order valence-electron chi connectivity index (χ4n) is 1.67. The van der Waals surface area contributed by atoms with E-state index in [9.17, 15) is 14.3 Å². The molecule has 0 unspecified atom stereocenters. The lowest BCUT2D eigenvalue weighted by atomic mass is 9.82. The van der Waals surface area contributed by atoms with Crippen molar-refractivity contribution >= 4 is 5.91 Å². The number of amides is 1. The summed E-state index contributed by atoms with van der Waals surface area (Å²) in [4.78, 5) is 10.9. The largest absolute Gasteiger partial charge is 0.390 e. The molecule has 0 fully saturated rings. The second-order valence-electron chi connectivity index (χ2n) is 4.43. The molecule has 1 amide bonds. The fourth-order valence-corrected chi connectivity index (χ4v) is 1.67. The first-order chi connectivity index (χ1) is 7.30. The Hall–Kier alpha value is -1.42. The Bertz CT molecular complexity index is 368. The SMILES string of the molecule is CC(C)(O)[C@H](CC(N)=O)c1ccc(F)cc1. The standard InChI is InChI=1S/C12H16FNO2/c1-12(2,16)10(7-11(14)15)8-3-5-9(13)6-4-8/h3-6,10,16H,7H2,1-2H3,(H2,14,15)/t10-/m1/s1. The summed E-state index contributed by atoms with van der Waals surface area (Å²) in [5.41, 5.74) is 4.76. The van der Waals surface area contributed by atoms with Crippen LogP contribution in [0.1, 0.15) is 31.7 Å². The Balaban J connectivity index is 3.01. The molecule has 0 aromatic heterocycles. The molecule has 4 heteroatoms. The van der Waals surface area contributed by atoms with E-state index in [1.165, 1.54) is 12.1 Å². The van der Waals surface area contributed by atoms with E-state index in [1.807, 2.05) is 0 Å². The van der Waals surface area contributed by atoms with E-state index in [0.29, 0.717) is 5.56 Å². The number of aliphatic hydroxyl groups is 1. The predicted octanol–water partition coefficient (Wildman–Crippen LogP) is 1.56. The fraction of sp³-hybridized carbons (Fsp3) is 0.417. The minimum absolute atomic E-state index is 0.0368. The molecule has 1 aromatic rings. The molecule has 0 bridgehead atoms. The van der Waals surface area contributed by atoms with E-state index in [1.54, 1.807) is 26.0 Å². The Morgan fingerprint density at radius 3 is 2.31 bits per heavy atom. The van der Waals surface area contributed by atoms with Crippen molar-refractivity contribution < 1.29 is 14.3 Å². The van der Waals surface area contributed by atoms with Crippen molar-refractivity contribution in [1.82, 2.24) is 0 Å². The van der Waals surface area contributed by atoms with Gasteiger partial charge < -0.3 is 10.8 Å². The Morgan fingerprint density at radius 1 is 1.44 bits per heavy atom. The van der Waals surface area contributed by atoms with Crippen LogP contribution in [0, 0.1) is 5.82 Å². The Kier molecular flexibility index (Phi) is 3.65. The van der Waals surface area contributed by atoms with Gasteiger partial charge in [-0.15, -0.1) is 0 Å². The zero-order chi connectivity index (χ0) is 12.3. The van der Waals surface area contributed by atoms with Gasteiger partial charge in [0.2, 0.25) is 5.91 Å². The minimum atomic E-state index is -1.08. The topological polar surface area (TPSA) is 63.3 Å². The molecule has 1 aromatic carbocycles. The van der Waals surface area contributed by atoms with Gasteiger partial charge in [0, 0.05) is 12.3 Å². The molecule has 0 aliphatic rings. The second kappa shape index (κ2) is 4.61. The lowest BCUT2D eigenvalue weighted by molar-refractivity contribution is -0.119. The molecule has 1 atom stereocenters. The average Bonchev–Trinajstić information content (AvgIpc) is 2.14. The summed E-state index contributed by atoms with van der Waals surface area (Å²) in [6, 6.07) is 5.71. The first kappa shape index (κ1) is 12.6. The summed E-state index contributed by atoms with van der Waals surface area (Å²) in [5.74, 6) is -1.26. The quantitative estimate of drug-likeness (QED) is 0.816. The average molecular weight is 225 g/mol. The molecular weight excluding hydrogens is 209 g/mol. The van der Waals surface area contributed by atoms with Gasteiger partial charge in [-0.25, -0.2) is 4.39 Å². The van der Waals surface area contributed by atoms with Crippen molar-refractivity contribution in [2.75, 3.05) is 0 Å². The van der Waals surface area contributed by atoms with E-state index in [-0.39, 0.29) is 12.2 Å². The molecule has 0 saturated heterocycles. The van der Waals surface area contributed by atoms with Crippen LogP contribution < -0.4 is 5.73 Å². The number of benzene rings is 1. The highest BCUT2D eigenvalue weighted by Crippen LogP contribution is 2.31. The van der Waals surface area contributed by atoms with Crippen LogP contribution in [-0.4, -0.2) is 16.6 Å². The Morgan fingerprint density at radius 2 is 1.94 bits per heavy atom. The van der Waals surface area contributed by atoms with Crippen molar-refractivity contribution in [3.8, 4) is 0 Å². The van der Waals surface area contributed by atoms with E-state index < -0.39 is 17.4 Å². The van der Waals surface area contributed by atoms with Gasteiger partial charge in [-0.3, -0.25) is 4.79 Å². The van der Waals surface area contributed by atoms with Gasteiger partial charge in [-0.1, -0.05) is 12.1 Å². The zero-order valence-electron chi connectivity index (χ0n) is 9.40. The summed E-state index contributed by atoms with van der Waals surface area (Å²) < 4.78 is 12.8. The van der Waals surface area contributed by atoms with Crippen LogP contribution in [0.3, 0.4) is 0 Å². The van der Waals surface area contributed by atoms with Crippen molar-refractivity contribution in [2.45, 2.75) is 31.8 Å². The first-order valence-corrected chi connectivity index (χ1v) is 5.07. The third-order valence-electron chi connectivity index (χ3n) is 2.53. The number of hydrogen-bond donors (Lipinski definition) is 2. The van der Waals surface area contributed by atoms with E-state index >= 15 is 0 Å². The Labute approximate surface area is 94.1 Å². The van der Waals surface area contributed by atoms with Crippen molar-refractivity contribution in [2.24, 2.45) is 5.73 Å². The molecule has 88 valence electrons. The summed E-state index contributed by atoms with van der Waals surface area (Å²) in [6.07, 6.45) is 0.0368. The van der Waals surface area contributed by atoms with Crippen LogP contribution in [0.2, 0.25) is 0 Å². The maximum atomic E-state index is 12.8. The second-order valence-corrected chi connectivity index (χ2v) is 4.43. The van der Waals surface area contributed by atoms with E-state index in [2.05, 4.69) is 0 Å². The highest BCUT2D eigenvalue weighted by Gasteiger charge is 2.29. The van der Waals surface area contributed by atoms with Crippen LogP contribution in [0.4, 0.5) is 4.39 Å². The molecule has 0 radical (unpaired) electrons. The number of carbonyl (C=O) groups excluding carboxylic acids is 1. The third kappa shape index (κ3) is 3.31. The maximum absolute atomic E-state index is 12.8. The lowest BCUT2D eigenvalue weighted by Crippen LogP contribution is -2.32. The number of nitrogens with two attached hydrogens (primary N) is 1. The van der Waals surface area contributed by atoms with Crippen LogP contribution in [0.25, 0.3) is 0 Å². The number of halogens is 1. The molecule has 0 saturated carbocycles. The van der Waals surface area contributed by atoms with Gasteiger partial charge in [-0.05, 0) is 31.5 Å². The van der Waals surface area contributed by atoms with Crippen molar-refractivity contribution in [3.63, 3.8) is 0 Å². The molecule has 0 aliphatic carbocycles. The van der Waals surface area contributed by atoms with Gasteiger partial charge in [-0.2, -0.15) is 0 Å². The van der Waals surface area contributed by atoms with Crippen LogP contribution in [-0.2, 0) is 4.79 Å². The smallest absolute Gasteiger partial charge is 0.218 e. The van der Waals surface area contributed by atoms with Crippen molar-refractivity contribution in [3.05, 3.63) is 35.6 Å². The maximum Gasteiger partial charge on any atom is 0.218 e. The molecule has 0 spiro atoms. The van der Waals surface area contributed by atoms with Crippen LogP contribution in [0.5, 0.6) is 0 Å². The van der Waals surface area contributed by atoms with Crippen LogP contribution >= 0.6 is 0 Å². The molecule has 0 aliphatic heterocycles. The number of carbonyl (C=O) groups is 1. The number of primary amides is 1. The number of rotatable bonds is 4. The normalized spacial score (nSPS) is 13.5. The van der Waals surface area contributed by atoms with Gasteiger partial charge in [0.15, 0.2) is 0 Å². The monoisotopic (exact) mass is 225 g/mol. The molecule has 3 nitrogen and oxygen atoms in total. The van der Waals surface area contributed by atoms with Gasteiger partial charge in [0.25, 0.3) is 0 Å². The van der Waals surface area contributed by atoms with E-state index in [0.717, 1.165) is 0 Å². The van der Waals surface area contributed by atoms with E-state index in [4.69, 9.17) is 5.73 Å². The molecule has 0 heterocycles. The first-order valence-electron chi connectivity index (χ1n) is 5.07. The molecule has 16 heavy (non-hydrogen) atoms. The zero-order valence-corrected chi connectivity index (χ0v) is 9.40.